The number of carbonyl (C=O) groups excluding carboxylic acids is 1. The van der Waals surface area contributed by atoms with Crippen LogP contribution in [0.3, 0.4) is 0 Å². The van der Waals surface area contributed by atoms with Crippen LogP contribution in [-0.4, -0.2) is 43.3 Å². The number of amides is 1. The minimum atomic E-state index is -4.37. The summed E-state index contributed by atoms with van der Waals surface area (Å²) in [7, 11) is 0. The van der Waals surface area contributed by atoms with Crippen LogP contribution in [0.2, 0.25) is 0 Å². The number of alkyl halides is 3. The van der Waals surface area contributed by atoms with Crippen molar-refractivity contribution in [2.75, 3.05) is 26.4 Å². The van der Waals surface area contributed by atoms with Crippen molar-refractivity contribution < 1.29 is 27.4 Å². The van der Waals surface area contributed by atoms with Gasteiger partial charge in [0, 0.05) is 32.9 Å². The van der Waals surface area contributed by atoms with Gasteiger partial charge in [-0.25, -0.2) is 0 Å². The molecular weight excluding hydrogens is 407 g/mol. The van der Waals surface area contributed by atoms with Crippen LogP contribution in [-0.2, 0) is 33.4 Å². The molecule has 3 aliphatic heterocycles. The molecule has 4 nitrogen and oxygen atoms in total. The van der Waals surface area contributed by atoms with Crippen molar-refractivity contribution in [3.05, 3.63) is 34.9 Å². The predicted molar refractivity (Wildman–Crippen MR) is 108 cm³/mol. The number of hydrogen-bond donors (Lipinski definition) is 0. The van der Waals surface area contributed by atoms with Crippen LogP contribution in [0.4, 0.5) is 13.2 Å². The van der Waals surface area contributed by atoms with Gasteiger partial charge < -0.3 is 14.4 Å². The second kappa shape index (κ2) is 8.07. The number of nitrogens with zero attached hydrogens (tertiary/aromatic N) is 1. The molecule has 4 aliphatic rings. The number of benzene rings is 1. The highest BCUT2D eigenvalue weighted by Gasteiger charge is 2.57. The third kappa shape index (κ3) is 3.99. The summed E-state index contributed by atoms with van der Waals surface area (Å²) >= 11 is 0. The van der Waals surface area contributed by atoms with Gasteiger partial charge in [-0.15, -0.1) is 0 Å². The summed E-state index contributed by atoms with van der Waals surface area (Å²) in [4.78, 5) is 15.5. The Morgan fingerprint density at radius 2 is 1.94 bits per heavy atom. The fourth-order valence-electron chi connectivity index (χ4n) is 6.32. The summed E-state index contributed by atoms with van der Waals surface area (Å²) in [5.41, 5.74) is 0.406. The number of fused-ring (bicyclic) bond motifs is 2. The first-order chi connectivity index (χ1) is 14.8. The van der Waals surface area contributed by atoms with E-state index in [1.807, 2.05) is 0 Å². The molecule has 3 fully saturated rings. The molecule has 2 saturated heterocycles. The molecule has 1 aromatic carbocycles. The predicted octanol–water partition coefficient (Wildman–Crippen LogP) is 4.59. The highest BCUT2D eigenvalue weighted by Crippen LogP contribution is 2.53. The minimum absolute atomic E-state index is 0.0484. The molecule has 3 atom stereocenters. The van der Waals surface area contributed by atoms with Crippen LogP contribution in [0.5, 0.6) is 0 Å². The maximum absolute atomic E-state index is 13.7. The van der Waals surface area contributed by atoms with Crippen molar-refractivity contribution in [1.29, 1.82) is 0 Å². The van der Waals surface area contributed by atoms with Crippen LogP contribution >= 0.6 is 0 Å². The lowest BCUT2D eigenvalue weighted by Gasteiger charge is -2.37. The van der Waals surface area contributed by atoms with Crippen molar-refractivity contribution in [1.82, 2.24) is 4.90 Å². The maximum atomic E-state index is 13.7. The number of hydrogen-bond acceptors (Lipinski definition) is 3. The molecule has 0 bridgehead atoms. The third-order valence-electron chi connectivity index (χ3n) is 7.95. The Kier molecular flexibility index (Phi) is 5.53. The molecule has 0 unspecified atom stereocenters. The molecule has 170 valence electrons. The fourth-order valence-corrected chi connectivity index (χ4v) is 6.32. The van der Waals surface area contributed by atoms with E-state index in [0.29, 0.717) is 37.0 Å². The van der Waals surface area contributed by atoms with Gasteiger partial charge in [0.1, 0.15) is 0 Å². The second-order valence-electron chi connectivity index (χ2n) is 9.82. The zero-order valence-corrected chi connectivity index (χ0v) is 17.8. The van der Waals surface area contributed by atoms with Gasteiger partial charge in [-0.2, -0.15) is 13.2 Å². The van der Waals surface area contributed by atoms with Crippen molar-refractivity contribution in [3.63, 3.8) is 0 Å². The van der Waals surface area contributed by atoms with E-state index in [-0.39, 0.29) is 18.6 Å². The molecule has 0 radical (unpaired) electrons. The van der Waals surface area contributed by atoms with Crippen LogP contribution < -0.4 is 0 Å². The summed E-state index contributed by atoms with van der Waals surface area (Å²) in [6.45, 7) is 3.08. The van der Waals surface area contributed by atoms with E-state index < -0.39 is 17.2 Å². The van der Waals surface area contributed by atoms with Gasteiger partial charge in [-0.3, -0.25) is 4.79 Å². The first kappa shape index (κ1) is 21.3. The summed E-state index contributed by atoms with van der Waals surface area (Å²) in [6.07, 6.45) is 1.99. The van der Waals surface area contributed by atoms with Gasteiger partial charge in [-0.05, 0) is 80.0 Å². The van der Waals surface area contributed by atoms with E-state index in [4.69, 9.17) is 9.47 Å². The monoisotopic (exact) mass is 437 g/mol. The molecule has 1 aliphatic carbocycles. The summed E-state index contributed by atoms with van der Waals surface area (Å²) in [5.74, 6) is 1.23. The lowest BCUT2D eigenvalue weighted by molar-refractivity contribution is -0.145. The van der Waals surface area contributed by atoms with Crippen molar-refractivity contribution in [2.24, 2.45) is 17.3 Å². The van der Waals surface area contributed by atoms with E-state index in [9.17, 15) is 18.0 Å². The molecule has 0 N–H and O–H groups in total. The molecule has 7 heteroatoms. The highest BCUT2D eigenvalue weighted by molar-refractivity contribution is 5.84. The molecule has 1 saturated carbocycles. The Balaban J connectivity index is 1.31. The molecule has 31 heavy (non-hydrogen) atoms. The van der Waals surface area contributed by atoms with Gasteiger partial charge >= 0.3 is 6.18 Å². The molecule has 0 aromatic heterocycles. The largest absolute Gasteiger partial charge is 0.416 e. The zero-order valence-electron chi connectivity index (χ0n) is 17.8. The molecule has 5 rings (SSSR count). The molecule has 1 aromatic rings. The Morgan fingerprint density at radius 1 is 1.13 bits per heavy atom. The maximum Gasteiger partial charge on any atom is 0.416 e. The molecule has 0 spiro atoms. The second-order valence-corrected chi connectivity index (χ2v) is 9.82. The lowest BCUT2D eigenvalue weighted by Crippen LogP contribution is -2.47. The Labute approximate surface area is 181 Å². The number of halogens is 3. The van der Waals surface area contributed by atoms with Crippen LogP contribution in [0.25, 0.3) is 0 Å². The topological polar surface area (TPSA) is 38.8 Å². The average molecular weight is 438 g/mol. The van der Waals surface area contributed by atoms with Gasteiger partial charge in [-0.1, -0.05) is 6.07 Å². The van der Waals surface area contributed by atoms with Crippen LogP contribution in [0.1, 0.15) is 55.2 Å². The smallest absolute Gasteiger partial charge is 0.381 e. The lowest BCUT2D eigenvalue weighted by atomic mass is 9.78. The van der Waals surface area contributed by atoms with E-state index in [1.165, 1.54) is 6.07 Å². The average Bonchev–Trinajstić information content (AvgIpc) is 3.30. The van der Waals surface area contributed by atoms with E-state index in [0.717, 1.165) is 63.4 Å². The number of ether oxygens (including phenoxy) is 2. The standard InChI is InChI=1S/C24H30F3NO3/c25-24(26,27)20-2-1-18-3-7-28(15-19(18)13-20)22(29)23-6-10-31-21(23)12-17(14-23)11-16-4-8-30-9-5-16/h1-2,13,16-17,21H,3-12,14-15H2/t17-,21-,23-/m1/s1. The third-order valence-corrected chi connectivity index (χ3v) is 7.95. The van der Waals surface area contributed by atoms with Gasteiger partial charge in [0.2, 0.25) is 5.91 Å². The number of carbonyl (C=O) groups is 1. The van der Waals surface area contributed by atoms with E-state index in [1.54, 1.807) is 11.0 Å². The van der Waals surface area contributed by atoms with Crippen molar-refractivity contribution in [3.8, 4) is 0 Å². The highest BCUT2D eigenvalue weighted by atomic mass is 19.4. The van der Waals surface area contributed by atoms with Crippen LogP contribution in [0.15, 0.2) is 18.2 Å². The van der Waals surface area contributed by atoms with Crippen LogP contribution in [0, 0.1) is 17.3 Å². The first-order valence-corrected chi connectivity index (χ1v) is 11.5. The first-order valence-electron chi connectivity index (χ1n) is 11.5. The summed E-state index contributed by atoms with van der Waals surface area (Å²) in [6, 6.07) is 3.94. The Bertz CT molecular complexity index is 836. The number of rotatable bonds is 3. The normalized spacial score (nSPS) is 31.5. The Hall–Kier alpha value is -1.60. The summed E-state index contributed by atoms with van der Waals surface area (Å²) in [5, 5.41) is 0. The molecule has 3 heterocycles. The van der Waals surface area contributed by atoms with Gasteiger partial charge in [0.15, 0.2) is 0 Å². The van der Waals surface area contributed by atoms with Gasteiger partial charge in [0.05, 0.1) is 17.1 Å². The minimum Gasteiger partial charge on any atom is -0.381 e. The molecule has 1 amide bonds. The SMILES string of the molecule is O=C(N1CCc2ccc(C(F)(F)F)cc2C1)[C@@]12CCO[C@@H]1C[C@@H](CC1CCOCC1)C2. The summed E-state index contributed by atoms with van der Waals surface area (Å²) < 4.78 is 51.0. The molecular formula is C24H30F3NO3. The van der Waals surface area contributed by atoms with Gasteiger partial charge in [0.25, 0.3) is 0 Å². The quantitative estimate of drug-likeness (QED) is 0.694. The van der Waals surface area contributed by atoms with Crippen molar-refractivity contribution in [2.45, 2.75) is 63.8 Å². The zero-order chi connectivity index (χ0) is 21.6. The fraction of sp³-hybridized carbons (Fsp3) is 0.708. The van der Waals surface area contributed by atoms with E-state index >= 15 is 0 Å². The Morgan fingerprint density at radius 3 is 2.71 bits per heavy atom. The van der Waals surface area contributed by atoms with Crippen molar-refractivity contribution >= 4 is 5.91 Å². The van der Waals surface area contributed by atoms with E-state index in [2.05, 4.69) is 0 Å².